The first kappa shape index (κ1) is 10.9. The van der Waals surface area contributed by atoms with Crippen LogP contribution in [0.15, 0.2) is 23.8 Å². The van der Waals surface area contributed by atoms with E-state index in [2.05, 4.69) is 25.2 Å². The lowest BCUT2D eigenvalue weighted by atomic mass is 9.86. The van der Waals surface area contributed by atoms with Gasteiger partial charge in [-0.2, -0.15) is 0 Å². The first-order chi connectivity index (χ1) is 7.40. The molecule has 0 aromatic carbocycles. The largest absolute Gasteiger partial charge is 0.376 e. The molecule has 0 amide bonds. The molecule has 15 heavy (non-hydrogen) atoms. The average Bonchev–Trinajstić information content (AvgIpc) is 2.68. The summed E-state index contributed by atoms with van der Waals surface area (Å²) in [4.78, 5) is 0. The summed E-state index contributed by atoms with van der Waals surface area (Å²) in [5.74, 6) is 1.40. The maximum Gasteiger partial charge on any atom is 0.0683 e. The smallest absolute Gasteiger partial charge is 0.0683 e. The van der Waals surface area contributed by atoms with Gasteiger partial charge in [0.05, 0.1) is 13.2 Å². The molecule has 0 radical (unpaired) electrons. The first-order valence-electron chi connectivity index (χ1n) is 6.31. The van der Waals surface area contributed by atoms with Crippen molar-refractivity contribution in [1.82, 2.24) is 0 Å². The SMILES string of the molecule is C/C=C/[C@H]1COC/C1=C/C1CCCCC1. The zero-order valence-corrected chi connectivity index (χ0v) is 9.74. The second-order valence-electron chi connectivity index (χ2n) is 4.79. The Morgan fingerprint density at radius 3 is 2.73 bits per heavy atom. The predicted molar refractivity (Wildman–Crippen MR) is 63.8 cm³/mol. The summed E-state index contributed by atoms with van der Waals surface area (Å²) in [6.07, 6.45) is 14.0. The maximum absolute atomic E-state index is 5.54. The molecule has 0 aromatic rings. The van der Waals surface area contributed by atoms with Crippen molar-refractivity contribution in [3.63, 3.8) is 0 Å². The highest BCUT2D eigenvalue weighted by Gasteiger charge is 2.21. The molecule has 1 aliphatic heterocycles. The van der Waals surface area contributed by atoms with Gasteiger partial charge in [0.2, 0.25) is 0 Å². The van der Waals surface area contributed by atoms with Crippen LogP contribution in [0.2, 0.25) is 0 Å². The van der Waals surface area contributed by atoms with Crippen LogP contribution < -0.4 is 0 Å². The molecule has 0 aromatic heterocycles. The second-order valence-corrected chi connectivity index (χ2v) is 4.79. The number of hydrogen-bond acceptors (Lipinski definition) is 1. The van der Waals surface area contributed by atoms with Crippen molar-refractivity contribution in [2.45, 2.75) is 39.0 Å². The van der Waals surface area contributed by atoms with E-state index in [0.717, 1.165) is 19.1 Å². The monoisotopic (exact) mass is 206 g/mol. The molecule has 2 fully saturated rings. The Bertz CT molecular complexity index is 246. The lowest BCUT2D eigenvalue weighted by molar-refractivity contribution is 0.195. The van der Waals surface area contributed by atoms with Crippen molar-refractivity contribution in [3.8, 4) is 0 Å². The zero-order chi connectivity index (χ0) is 10.5. The van der Waals surface area contributed by atoms with E-state index < -0.39 is 0 Å². The molecule has 1 saturated heterocycles. The van der Waals surface area contributed by atoms with E-state index in [4.69, 9.17) is 4.74 Å². The minimum absolute atomic E-state index is 0.567. The Morgan fingerprint density at radius 2 is 2.00 bits per heavy atom. The molecule has 1 saturated carbocycles. The van der Waals surface area contributed by atoms with Crippen molar-refractivity contribution < 1.29 is 4.74 Å². The first-order valence-corrected chi connectivity index (χ1v) is 6.31. The summed E-state index contributed by atoms with van der Waals surface area (Å²) in [7, 11) is 0. The molecule has 1 heteroatoms. The molecular weight excluding hydrogens is 184 g/mol. The fraction of sp³-hybridized carbons (Fsp3) is 0.714. The van der Waals surface area contributed by atoms with Crippen molar-refractivity contribution >= 4 is 0 Å². The molecule has 2 aliphatic rings. The molecule has 2 rings (SSSR count). The Hall–Kier alpha value is -0.560. The van der Waals surface area contributed by atoms with Gasteiger partial charge >= 0.3 is 0 Å². The average molecular weight is 206 g/mol. The van der Waals surface area contributed by atoms with Crippen LogP contribution in [0.1, 0.15) is 39.0 Å². The summed E-state index contributed by atoms with van der Waals surface area (Å²) >= 11 is 0. The van der Waals surface area contributed by atoms with E-state index >= 15 is 0 Å². The highest BCUT2D eigenvalue weighted by atomic mass is 16.5. The minimum atomic E-state index is 0.567. The number of allylic oxidation sites excluding steroid dienone is 2. The third-order valence-electron chi connectivity index (χ3n) is 3.57. The Kier molecular flexibility index (Phi) is 4.01. The molecule has 1 aliphatic carbocycles. The summed E-state index contributed by atoms with van der Waals surface area (Å²) in [6, 6.07) is 0. The van der Waals surface area contributed by atoms with Crippen LogP contribution in [0.5, 0.6) is 0 Å². The summed E-state index contributed by atoms with van der Waals surface area (Å²) < 4.78 is 5.54. The van der Waals surface area contributed by atoms with E-state index in [1.54, 1.807) is 0 Å². The third-order valence-corrected chi connectivity index (χ3v) is 3.57. The van der Waals surface area contributed by atoms with Crippen molar-refractivity contribution in [3.05, 3.63) is 23.8 Å². The van der Waals surface area contributed by atoms with Crippen LogP contribution in [0.3, 0.4) is 0 Å². The number of rotatable bonds is 2. The van der Waals surface area contributed by atoms with Crippen LogP contribution in [-0.2, 0) is 4.74 Å². The molecule has 0 unspecified atom stereocenters. The molecule has 1 nitrogen and oxygen atoms in total. The lowest BCUT2D eigenvalue weighted by Crippen LogP contribution is -2.06. The second kappa shape index (κ2) is 5.50. The van der Waals surface area contributed by atoms with Gasteiger partial charge in [-0.3, -0.25) is 0 Å². The van der Waals surface area contributed by atoms with Gasteiger partial charge in [-0.15, -0.1) is 0 Å². The van der Waals surface area contributed by atoms with Crippen LogP contribution >= 0.6 is 0 Å². The maximum atomic E-state index is 5.54. The van der Waals surface area contributed by atoms with E-state index in [9.17, 15) is 0 Å². The highest BCUT2D eigenvalue weighted by molar-refractivity contribution is 5.18. The fourth-order valence-corrected chi connectivity index (χ4v) is 2.70. The van der Waals surface area contributed by atoms with Crippen LogP contribution in [0, 0.1) is 11.8 Å². The Labute approximate surface area is 93.2 Å². The van der Waals surface area contributed by atoms with E-state index in [0.29, 0.717) is 5.92 Å². The van der Waals surface area contributed by atoms with Crippen LogP contribution in [0.4, 0.5) is 0 Å². The van der Waals surface area contributed by atoms with Gasteiger partial charge in [0.15, 0.2) is 0 Å². The third kappa shape index (κ3) is 2.94. The molecular formula is C14H22O. The molecule has 84 valence electrons. The van der Waals surface area contributed by atoms with Crippen LogP contribution in [-0.4, -0.2) is 13.2 Å². The van der Waals surface area contributed by atoms with Gasteiger partial charge in [-0.05, 0) is 31.3 Å². The molecule has 0 spiro atoms. The predicted octanol–water partition coefficient (Wildman–Crippen LogP) is 3.72. The zero-order valence-electron chi connectivity index (χ0n) is 9.74. The van der Waals surface area contributed by atoms with E-state index in [1.807, 2.05) is 0 Å². The number of ether oxygens (including phenoxy) is 1. The summed E-state index contributed by atoms with van der Waals surface area (Å²) in [5.41, 5.74) is 1.53. The van der Waals surface area contributed by atoms with Crippen molar-refractivity contribution in [2.75, 3.05) is 13.2 Å². The van der Waals surface area contributed by atoms with E-state index in [-0.39, 0.29) is 0 Å². The molecule has 1 heterocycles. The van der Waals surface area contributed by atoms with E-state index in [1.165, 1.54) is 37.7 Å². The molecule has 0 bridgehead atoms. The number of hydrogen-bond donors (Lipinski definition) is 0. The van der Waals surface area contributed by atoms with Gasteiger partial charge < -0.3 is 4.74 Å². The van der Waals surface area contributed by atoms with Crippen molar-refractivity contribution in [1.29, 1.82) is 0 Å². The van der Waals surface area contributed by atoms with Gasteiger partial charge in [0, 0.05) is 5.92 Å². The Morgan fingerprint density at radius 1 is 1.20 bits per heavy atom. The quantitative estimate of drug-likeness (QED) is 0.626. The Balaban J connectivity index is 1.97. The highest BCUT2D eigenvalue weighted by Crippen LogP contribution is 2.29. The summed E-state index contributed by atoms with van der Waals surface area (Å²) in [6.45, 7) is 3.85. The van der Waals surface area contributed by atoms with Crippen LogP contribution in [0.25, 0.3) is 0 Å². The van der Waals surface area contributed by atoms with Gasteiger partial charge in [-0.25, -0.2) is 0 Å². The fourth-order valence-electron chi connectivity index (χ4n) is 2.70. The topological polar surface area (TPSA) is 9.23 Å². The van der Waals surface area contributed by atoms with Gasteiger partial charge in [-0.1, -0.05) is 37.5 Å². The van der Waals surface area contributed by atoms with Gasteiger partial charge in [0.25, 0.3) is 0 Å². The normalized spacial score (nSPS) is 31.8. The molecule has 0 N–H and O–H groups in total. The molecule has 1 atom stereocenters. The lowest BCUT2D eigenvalue weighted by Gasteiger charge is -2.19. The summed E-state index contributed by atoms with van der Waals surface area (Å²) in [5, 5.41) is 0. The van der Waals surface area contributed by atoms with Gasteiger partial charge in [0.1, 0.15) is 0 Å². The standard InChI is InChI=1S/C14H22O/c1-2-6-13-10-15-11-14(13)9-12-7-4-3-5-8-12/h2,6,9,12-13H,3-5,7-8,10-11H2,1H3/b6-2+,14-9-/t13-/m0/s1. The van der Waals surface area contributed by atoms with Crippen molar-refractivity contribution in [2.24, 2.45) is 11.8 Å². The minimum Gasteiger partial charge on any atom is -0.376 e.